The molecular formula is C16H17ClN2S. The van der Waals surface area contributed by atoms with Crippen molar-refractivity contribution in [2.45, 2.75) is 13.5 Å². The third-order valence-electron chi connectivity index (χ3n) is 3.31. The predicted molar refractivity (Wildman–Crippen MR) is 90.6 cm³/mol. The summed E-state index contributed by atoms with van der Waals surface area (Å²) in [5.41, 5.74) is 10.1. The molecule has 0 aromatic heterocycles. The Balaban J connectivity index is 2.34. The van der Waals surface area contributed by atoms with E-state index in [-0.39, 0.29) is 0 Å². The second-order valence-electron chi connectivity index (χ2n) is 4.81. The summed E-state index contributed by atoms with van der Waals surface area (Å²) >= 11 is 11.2. The Morgan fingerprint density at radius 3 is 2.60 bits per heavy atom. The molecular weight excluding hydrogens is 288 g/mol. The van der Waals surface area contributed by atoms with Gasteiger partial charge in [-0.3, -0.25) is 0 Å². The third kappa shape index (κ3) is 3.30. The van der Waals surface area contributed by atoms with Gasteiger partial charge in [-0.2, -0.15) is 0 Å². The van der Waals surface area contributed by atoms with Gasteiger partial charge >= 0.3 is 0 Å². The molecule has 0 aliphatic carbocycles. The third-order valence-corrected chi connectivity index (χ3v) is 3.76. The van der Waals surface area contributed by atoms with Gasteiger partial charge in [-0.1, -0.05) is 48.1 Å². The van der Waals surface area contributed by atoms with Crippen molar-refractivity contribution in [1.29, 1.82) is 0 Å². The molecule has 2 aromatic rings. The van der Waals surface area contributed by atoms with E-state index in [9.17, 15) is 0 Å². The second-order valence-corrected chi connectivity index (χ2v) is 5.68. The molecule has 104 valence electrons. The van der Waals surface area contributed by atoms with Gasteiger partial charge in [-0.05, 0) is 36.2 Å². The van der Waals surface area contributed by atoms with Crippen LogP contribution < -0.4 is 10.6 Å². The number of halogens is 1. The Hall–Kier alpha value is -1.58. The normalized spacial score (nSPS) is 10.3. The lowest BCUT2D eigenvalue weighted by atomic mass is 10.1. The van der Waals surface area contributed by atoms with Gasteiger partial charge in [0.05, 0.1) is 0 Å². The number of aryl methyl sites for hydroxylation is 1. The van der Waals surface area contributed by atoms with Gasteiger partial charge in [0.15, 0.2) is 0 Å². The molecule has 4 heteroatoms. The minimum atomic E-state index is 0.383. The number of hydrogen-bond acceptors (Lipinski definition) is 2. The smallest absolute Gasteiger partial charge is 0.106 e. The summed E-state index contributed by atoms with van der Waals surface area (Å²) in [6.45, 7) is 2.89. The van der Waals surface area contributed by atoms with Crippen molar-refractivity contribution in [2.75, 3.05) is 11.9 Å². The van der Waals surface area contributed by atoms with Gasteiger partial charge in [0.1, 0.15) is 4.99 Å². The van der Waals surface area contributed by atoms with Gasteiger partial charge in [0.2, 0.25) is 0 Å². The van der Waals surface area contributed by atoms with Gasteiger partial charge in [-0.25, -0.2) is 0 Å². The molecule has 0 fully saturated rings. The Labute approximate surface area is 130 Å². The minimum absolute atomic E-state index is 0.383. The van der Waals surface area contributed by atoms with Crippen LogP contribution in [-0.2, 0) is 6.54 Å². The van der Waals surface area contributed by atoms with E-state index in [2.05, 4.69) is 24.0 Å². The standard InChI is InChI=1S/C16H17ClN2S/c1-11-5-3-4-6-12(11)10-19(2)15-9-13(17)7-8-14(15)16(18)20/h3-9H,10H2,1-2H3,(H2,18,20). The van der Waals surface area contributed by atoms with Gasteiger partial charge in [0.25, 0.3) is 0 Å². The van der Waals surface area contributed by atoms with Gasteiger partial charge in [0, 0.05) is 29.9 Å². The van der Waals surface area contributed by atoms with Crippen molar-refractivity contribution in [3.8, 4) is 0 Å². The number of thiocarbonyl (C=S) groups is 1. The Bertz CT molecular complexity index is 640. The summed E-state index contributed by atoms with van der Waals surface area (Å²) in [5.74, 6) is 0. The fraction of sp³-hybridized carbons (Fsp3) is 0.188. The summed E-state index contributed by atoms with van der Waals surface area (Å²) in [7, 11) is 2.01. The SMILES string of the molecule is Cc1ccccc1CN(C)c1cc(Cl)ccc1C(N)=S. The molecule has 0 aliphatic heterocycles. The summed E-state index contributed by atoms with van der Waals surface area (Å²) in [6.07, 6.45) is 0. The molecule has 0 unspecified atom stereocenters. The second kappa shape index (κ2) is 6.25. The van der Waals surface area contributed by atoms with Gasteiger partial charge < -0.3 is 10.6 Å². The van der Waals surface area contributed by atoms with Crippen LogP contribution in [-0.4, -0.2) is 12.0 Å². The molecule has 20 heavy (non-hydrogen) atoms. The average molecular weight is 305 g/mol. The molecule has 0 atom stereocenters. The number of rotatable bonds is 4. The van der Waals surface area contributed by atoms with Crippen LogP contribution in [0.4, 0.5) is 5.69 Å². The molecule has 0 saturated heterocycles. The molecule has 0 amide bonds. The van der Waals surface area contributed by atoms with Crippen molar-refractivity contribution in [3.05, 3.63) is 64.2 Å². The summed E-state index contributed by atoms with van der Waals surface area (Å²) in [5, 5.41) is 0.677. The first-order valence-electron chi connectivity index (χ1n) is 6.34. The van der Waals surface area contributed by atoms with Crippen molar-refractivity contribution < 1.29 is 0 Å². The highest BCUT2D eigenvalue weighted by atomic mass is 35.5. The molecule has 2 aromatic carbocycles. The van der Waals surface area contributed by atoms with Crippen LogP contribution in [0.3, 0.4) is 0 Å². The van der Waals surface area contributed by atoms with Crippen molar-refractivity contribution >= 4 is 34.5 Å². The van der Waals surface area contributed by atoms with E-state index < -0.39 is 0 Å². The van der Waals surface area contributed by atoms with E-state index >= 15 is 0 Å². The van der Waals surface area contributed by atoms with E-state index in [1.54, 1.807) is 6.07 Å². The Morgan fingerprint density at radius 2 is 1.95 bits per heavy atom. The van der Waals surface area contributed by atoms with E-state index in [1.807, 2.05) is 31.3 Å². The zero-order valence-corrected chi connectivity index (χ0v) is 13.1. The molecule has 0 bridgehead atoms. The first kappa shape index (κ1) is 14.8. The Kier molecular flexibility index (Phi) is 4.63. The van der Waals surface area contributed by atoms with Crippen LogP contribution in [0.25, 0.3) is 0 Å². The first-order valence-corrected chi connectivity index (χ1v) is 7.12. The molecule has 0 heterocycles. The largest absolute Gasteiger partial charge is 0.389 e. The molecule has 0 spiro atoms. The lowest BCUT2D eigenvalue weighted by Gasteiger charge is -2.23. The highest BCUT2D eigenvalue weighted by molar-refractivity contribution is 7.80. The molecule has 2 rings (SSSR count). The van der Waals surface area contributed by atoms with Gasteiger partial charge in [-0.15, -0.1) is 0 Å². The van der Waals surface area contributed by atoms with Crippen molar-refractivity contribution in [2.24, 2.45) is 5.73 Å². The maximum absolute atomic E-state index is 6.09. The number of nitrogens with zero attached hydrogens (tertiary/aromatic N) is 1. The number of anilines is 1. The Morgan fingerprint density at radius 1 is 1.25 bits per heavy atom. The molecule has 0 radical (unpaired) electrons. The fourth-order valence-corrected chi connectivity index (χ4v) is 2.50. The summed E-state index contributed by atoms with van der Waals surface area (Å²) in [6, 6.07) is 13.9. The molecule has 2 nitrogen and oxygen atoms in total. The first-order chi connectivity index (χ1) is 9.49. The topological polar surface area (TPSA) is 29.3 Å². The van der Waals surface area contributed by atoms with E-state index in [4.69, 9.17) is 29.6 Å². The van der Waals surface area contributed by atoms with Crippen LogP contribution in [0.15, 0.2) is 42.5 Å². The monoisotopic (exact) mass is 304 g/mol. The predicted octanol–water partition coefficient (Wildman–Crippen LogP) is 3.92. The molecule has 2 N–H and O–H groups in total. The average Bonchev–Trinajstić information content (AvgIpc) is 2.40. The van der Waals surface area contributed by atoms with Crippen LogP contribution in [0.1, 0.15) is 16.7 Å². The van der Waals surface area contributed by atoms with Crippen LogP contribution in [0.2, 0.25) is 5.02 Å². The minimum Gasteiger partial charge on any atom is -0.389 e. The molecule has 0 saturated carbocycles. The maximum Gasteiger partial charge on any atom is 0.106 e. The quantitative estimate of drug-likeness (QED) is 0.868. The van der Waals surface area contributed by atoms with Crippen LogP contribution in [0.5, 0.6) is 0 Å². The van der Waals surface area contributed by atoms with E-state index in [1.165, 1.54) is 11.1 Å². The van der Waals surface area contributed by atoms with E-state index in [0.717, 1.165) is 17.8 Å². The van der Waals surface area contributed by atoms with Crippen molar-refractivity contribution in [1.82, 2.24) is 0 Å². The van der Waals surface area contributed by atoms with Crippen molar-refractivity contribution in [3.63, 3.8) is 0 Å². The number of hydrogen-bond donors (Lipinski definition) is 1. The van der Waals surface area contributed by atoms with Crippen LogP contribution >= 0.6 is 23.8 Å². The lowest BCUT2D eigenvalue weighted by molar-refractivity contribution is 0.913. The highest BCUT2D eigenvalue weighted by Crippen LogP contribution is 2.26. The van der Waals surface area contributed by atoms with E-state index in [0.29, 0.717) is 10.0 Å². The lowest BCUT2D eigenvalue weighted by Crippen LogP contribution is -2.21. The zero-order chi connectivity index (χ0) is 14.7. The zero-order valence-electron chi connectivity index (χ0n) is 11.6. The number of nitrogens with two attached hydrogens (primary N) is 1. The summed E-state index contributed by atoms with van der Waals surface area (Å²) < 4.78 is 0. The molecule has 0 aliphatic rings. The fourth-order valence-electron chi connectivity index (χ4n) is 2.16. The maximum atomic E-state index is 6.09. The highest BCUT2D eigenvalue weighted by Gasteiger charge is 2.11. The van der Waals surface area contributed by atoms with Crippen LogP contribution in [0, 0.1) is 6.92 Å². The summed E-state index contributed by atoms with van der Waals surface area (Å²) in [4.78, 5) is 2.50. The number of benzene rings is 2.